The van der Waals surface area contributed by atoms with Crippen LogP contribution >= 0.6 is 0 Å². The molecule has 2 aliphatic rings. The Morgan fingerprint density at radius 2 is 1.93 bits per heavy atom. The van der Waals surface area contributed by atoms with Gasteiger partial charge in [0.05, 0.1) is 24.7 Å². The fourth-order valence-corrected chi connectivity index (χ4v) is 5.63. The third-order valence-corrected chi connectivity index (χ3v) is 7.32. The number of ether oxygens (including phenoxy) is 2. The van der Waals surface area contributed by atoms with E-state index in [0.717, 1.165) is 30.6 Å². The van der Waals surface area contributed by atoms with Gasteiger partial charge in [0.15, 0.2) is 0 Å². The maximum absolute atomic E-state index is 12.7. The Morgan fingerprint density at radius 1 is 1.22 bits per heavy atom. The van der Waals surface area contributed by atoms with Crippen molar-refractivity contribution in [2.24, 2.45) is 5.41 Å². The molecule has 3 rings (SSSR count). The summed E-state index contributed by atoms with van der Waals surface area (Å²) in [5.74, 6) is 0.974. The average molecular weight is 375 g/mol. The lowest BCUT2D eigenvalue weighted by molar-refractivity contribution is -0.198. The highest BCUT2D eigenvalue weighted by atomic mass is 16.5. The van der Waals surface area contributed by atoms with Gasteiger partial charge in [-0.05, 0) is 68.2 Å². The molecule has 4 heteroatoms. The molecule has 3 atom stereocenters. The molecule has 0 amide bonds. The van der Waals surface area contributed by atoms with Crippen LogP contribution in [0.5, 0.6) is 5.75 Å². The minimum absolute atomic E-state index is 0.303. The maximum Gasteiger partial charge on any atom is 0.314 e. The second-order valence-electron chi connectivity index (χ2n) is 9.00. The van der Waals surface area contributed by atoms with Crippen molar-refractivity contribution < 1.29 is 19.4 Å². The van der Waals surface area contributed by atoms with Crippen LogP contribution in [0.2, 0.25) is 0 Å². The number of carbonyl (C=O) groups excluding carboxylic acids is 1. The van der Waals surface area contributed by atoms with Crippen LogP contribution in [0.4, 0.5) is 0 Å². The second-order valence-corrected chi connectivity index (χ2v) is 9.00. The van der Waals surface area contributed by atoms with Crippen LogP contribution < -0.4 is 4.74 Å². The summed E-state index contributed by atoms with van der Waals surface area (Å²) >= 11 is 0. The first-order valence-electron chi connectivity index (χ1n) is 10.3. The van der Waals surface area contributed by atoms with E-state index in [1.807, 2.05) is 13.8 Å². The molecule has 4 nitrogen and oxygen atoms in total. The van der Waals surface area contributed by atoms with E-state index >= 15 is 0 Å². The molecule has 0 aromatic heterocycles. The predicted octanol–water partition coefficient (Wildman–Crippen LogP) is 4.51. The molecular weight excluding hydrogens is 340 g/mol. The normalized spacial score (nSPS) is 32.6. The zero-order chi connectivity index (χ0) is 20.0. The smallest absolute Gasteiger partial charge is 0.314 e. The Labute approximate surface area is 163 Å². The first-order valence-corrected chi connectivity index (χ1v) is 10.3. The molecule has 0 saturated heterocycles. The third-order valence-electron chi connectivity index (χ3n) is 7.32. The Morgan fingerprint density at radius 3 is 2.52 bits per heavy atom. The Hall–Kier alpha value is -1.55. The Balaban J connectivity index is 2.19. The number of rotatable bonds is 4. The monoisotopic (exact) mass is 374 g/mol. The van der Waals surface area contributed by atoms with Crippen molar-refractivity contribution in [3.63, 3.8) is 0 Å². The number of aliphatic hydroxyl groups is 1. The molecule has 1 saturated carbocycles. The molecule has 27 heavy (non-hydrogen) atoms. The summed E-state index contributed by atoms with van der Waals surface area (Å²) in [7, 11) is 1.42. The van der Waals surface area contributed by atoms with E-state index in [4.69, 9.17) is 9.47 Å². The fraction of sp³-hybridized carbons (Fsp3) is 0.696. The zero-order valence-corrected chi connectivity index (χ0v) is 17.6. The van der Waals surface area contributed by atoms with E-state index in [1.54, 1.807) is 0 Å². The van der Waals surface area contributed by atoms with Gasteiger partial charge in [-0.25, -0.2) is 0 Å². The van der Waals surface area contributed by atoms with Crippen molar-refractivity contribution in [3.8, 4) is 5.75 Å². The largest absolute Gasteiger partial charge is 0.494 e. The number of fused-ring (bicyclic) bond motifs is 3. The third kappa shape index (κ3) is 2.71. The number of methoxy groups -OCH3 is 1. The van der Waals surface area contributed by atoms with Crippen LogP contribution in [-0.4, -0.2) is 30.4 Å². The van der Waals surface area contributed by atoms with E-state index in [2.05, 4.69) is 32.9 Å². The number of esters is 1. The van der Waals surface area contributed by atoms with Gasteiger partial charge in [0.2, 0.25) is 0 Å². The first kappa shape index (κ1) is 20.2. The van der Waals surface area contributed by atoms with Gasteiger partial charge in [-0.15, -0.1) is 0 Å². The molecule has 150 valence electrons. The van der Waals surface area contributed by atoms with Gasteiger partial charge in [0.1, 0.15) is 5.75 Å². The van der Waals surface area contributed by atoms with E-state index < -0.39 is 16.4 Å². The van der Waals surface area contributed by atoms with Crippen molar-refractivity contribution >= 4 is 5.97 Å². The zero-order valence-electron chi connectivity index (χ0n) is 17.6. The average Bonchev–Trinajstić information content (AvgIpc) is 2.63. The van der Waals surface area contributed by atoms with Crippen molar-refractivity contribution in [1.82, 2.24) is 0 Å². The van der Waals surface area contributed by atoms with Gasteiger partial charge in [-0.2, -0.15) is 0 Å². The summed E-state index contributed by atoms with van der Waals surface area (Å²) in [6.07, 6.45) is 3.74. The topological polar surface area (TPSA) is 55.8 Å². The van der Waals surface area contributed by atoms with Crippen LogP contribution in [0.15, 0.2) is 12.1 Å². The van der Waals surface area contributed by atoms with Gasteiger partial charge in [-0.3, -0.25) is 4.79 Å². The molecule has 1 aromatic rings. The number of carbonyl (C=O) groups is 1. The van der Waals surface area contributed by atoms with Crippen LogP contribution in [0.25, 0.3) is 0 Å². The molecule has 0 spiro atoms. The fourth-order valence-electron chi connectivity index (χ4n) is 5.63. The van der Waals surface area contributed by atoms with Gasteiger partial charge in [0.25, 0.3) is 0 Å². The molecule has 0 aliphatic heterocycles. The van der Waals surface area contributed by atoms with Gasteiger partial charge in [0, 0.05) is 5.41 Å². The highest BCUT2D eigenvalue weighted by Gasteiger charge is 2.65. The molecular formula is C23H34O4. The van der Waals surface area contributed by atoms with Crippen molar-refractivity contribution in [3.05, 3.63) is 28.8 Å². The van der Waals surface area contributed by atoms with E-state index in [-0.39, 0.29) is 5.97 Å². The molecule has 0 unspecified atom stereocenters. The summed E-state index contributed by atoms with van der Waals surface area (Å²) < 4.78 is 11.1. The van der Waals surface area contributed by atoms with E-state index in [1.165, 1.54) is 18.2 Å². The number of hydrogen-bond acceptors (Lipinski definition) is 4. The molecule has 0 radical (unpaired) electrons. The van der Waals surface area contributed by atoms with Gasteiger partial charge in [-0.1, -0.05) is 33.3 Å². The summed E-state index contributed by atoms with van der Waals surface area (Å²) in [6, 6.07) is 4.40. The lowest BCUT2D eigenvalue weighted by Crippen LogP contribution is -2.67. The number of benzene rings is 1. The first-order chi connectivity index (χ1) is 12.6. The maximum atomic E-state index is 12.7. The quantitative estimate of drug-likeness (QED) is 0.788. The molecule has 1 aromatic carbocycles. The Bertz CT molecular complexity index is 740. The van der Waals surface area contributed by atoms with E-state index in [0.29, 0.717) is 25.4 Å². The SMILES string of the molecule is CCOc1cc2c(cc1C(C)C)CC[C@]1(O)[C@](C)(C(=O)OC)CCC[C@]21C. The van der Waals surface area contributed by atoms with E-state index in [9.17, 15) is 9.90 Å². The van der Waals surface area contributed by atoms with Crippen molar-refractivity contribution in [2.45, 2.75) is 83.7 Å². The highest BCUT2D eigenvalue weighted by molar-refractivity contribution is 5.79. The molecule has 0 bridgehead atoms. The highest BCUT2D eigenvalue weighted by Crippen LogP contribution is 2.60. The predicted molar refractivity (Wildman–Crippen MR) is 106 cm³/mol. The van der Waals surface area contributed by atoms with Gasteiger partial charge >= 0.3 is 5.97 Å². The Kier molecular flexibility index (Phi) is 5.09. The molecule has 2 aliphatic carbocycles. The minimum atomic E-state index is -1.12. The summed E-state index contributed by atoms with van der Waals surface area (Å²) in [4.78, 5) is 12.7. The van der Waals surface area contributed by atoms with Crippen LogP contribution in [0.1, 0.15) is 82.9 Å². The molecule has 1 N–H and O–H groups in total. The standard InChI is InChI=1S/C23H34O4/c1-7-27-19-14-18-16(13-17(19)15(2)3)9-12-23(25)21(18,4)10-8-11-22(23,5)20(24)26-6/h13-15,25H,7-12H2,1-6H3/t21-,22+,23-/m1/s1. The van der Waals surface area contributed by atoms with Crippen LogP contribution in [0.3, 0.4) is 0 Å². The lowest BCUT2D eigenvalue weighted by Gasteiger charge is -2.60. The van der Waals surface area contributed by atoms with Crippen LogP contribution in [0, 0.1) is 5.41 Å². The van der Waals surface area contributed by atoms with Crippen LogP contribution in [-0.2, 0) is 21.4 Å². The summed E-state index contributed by atoms with van der Waals surface area (Å²) in [6.45, 7) is 11.0. The summed E-state index contributed by atoms with van der Waals surface area (Å²) in [5, 5.41) is 12.0. The molecule has 1 fully saturated rings. The summed E-state index contributed by atoms with van der Waals surface area (Å²) in [5.41, 5.74) is 1.12. The second kappa shape index (κ2) is 6.80. The number of hydrogen-bond donors (Lipinski definition) is 1. The van der Waals surface area contributed by atoms with Gasteiger partial charge < -0.3 is 14.6 Å². The number of aryl methyl sites for hydroxylation is 1. The lowest BCUT2D eigenvalue weighted by atomic mass is 9.46. The van der Waals surface area contributed by atoms with Crippen molar-refractivity contribution in [2.75, 3.05) is 13.7 Å². The minimum Gasteiger partial charge on any atom is -0.494 e. The van der Waals surface area contributed by atoms with Crippen molar-refractivity contribution in [1.29, 1.82) is 0 Å². The molecule has 0 heterocycles.